The molecule has 0 saturated carbocycles. The number of hydrogen-bond donors (Lipinski definition) is 1. The lowest BCUT2D eigenvalue weighted by Gasteiger charge is -2.08. The van der Waals surface area contributed by atoms with Gasteiger partial charge in [-0.3, -0.25) is 0 Å². The summed E-state index contributed by atoms with van der Waals surface area (Å²) in [5.41, 5.74) is 1.21. The van der Waals surface area contributed by atoms with Crippen molar-refractivity contribution in [3.63, 3.8) is 0 Å². The lowest BCUT2D eigenvalue weighted by atomic mass is 10.2. The third-order valence-electron chi connectivity index (χ3n) is 2.93. The summed E-state index contributed by atoms with van der Waals surface area (Å²) < 4.78 is 5.09. The highest BCUT2D eigenvalue weighted by atomic mass is 32.1. The Morgan fingerprint density at radius 1 is 1.30 bits per heavy atom. The maximum atomic E-state index is 5.09. The molecule has 0 radical (unpaired) electrons. The molecule has 0 amide bonds. The molecule has 0 aliphatic carbocycles. The minimum atomic E-state index is 0.656. The van der Waals surface area contributed by atoms with Crippen molar-refractivity contribution in [2.45, 2.75) is 6.92 Å². The highest BCUT2D eigenvalue weighted by Crippen LogP contribution is 2.38. The zero-order valence-corrected chi connectivity index (χ0v) is 13.0. The number of aryl methyl sites for hydroxylation is 1. The molecule has 0 spiro atoms. The van der Waals surface area contributed by atoms with Gasteiger partial charge in [0, 0.05) is 29.5 Å². The van der Waals surface area contributed by atoms with E-state index in [0.29, 0.717) is 6.61 Å². The number of fused-ring (bicyclic) bond motifs is 1. The molecule has 4 nitrogen and oxygen atoms in total. The van der Waals surface area contributed by atoms with Gasteiger partial charge in [0.2, 0.25) is 0 Å². The zero-order valence-electron chi connectivity index (χ0n) is 11.3. The Bertz CT molecular complexity index is 707. The second-order valence-electron chi connectivity index (χ2n) is 4.35. The molecule has 3 aromatic heterocycles. The minimum Gasteiger partial charge on any atom is -0.383 e. The van der Waals surface area contributed by atoms with Crippen molar-refractivity contribution in [2.24, 2.45) is 0 Å². The second kappa shape index (κ2) is 5.87. The summed E-state index contributed by atoms with van der Waals surface area (Å²) in [6.45, 7) is 3.32. The average Bonchev–Trinajstić information content (AvgIpc) is 3.06. The molecule has 20 heavy (non-hydrogen) atoms. The smallest absolute Gasteiger partial charge is 0.139 e. The predicted molar refractivity (Wildman–Crippen MR) is 85.8 cm³/mol. The van der Waals surface area contributed by atoms with Gasteiger partial charge in [-0.1, -0.05) is 6.07 Å². The molecule has 3 aromatic rings. The first-order valence-corrected chi connectivity index (χ1v) is 8.08. The van der Waals surface area contributed by atoms with E-state index in [1.807, 2.05) is 6.92 Å². The first-order valence-electron chi connectivity index (χ1n) is 6.32. The van der Waals surface area contributed by atoms with Crippen LogP contribution < -0.4 is 5.32 Å². The number of rotatable bonds is 5. The molecule has 6 heteroatoms. The highest BCUT2D eigenvalue weighted by Gasteiger charge is 2.14. The molecule has 104 valence electrons. The molecule has 0 atom stereocenters. The van der Waals surface area contributed by atoms with E-state index < -0.39 is 0 Å². The van der Waals surface area contributed by atoms with Crippen molar-refractivity contribution in [3.05, 3.63) is 28.7 Å². The van der Waals surface area contributed by atoms with Crippen LogP contribution in [-0.2, 0) is 4.74 Å². The van der Waals surface area contributed by atoms with E-state index in [0.717, 1.165) is 28.4 Å². The summed E-state index contributed by atoms with van der Waals surface area (Å²) >= 11 is 3.40. The standard InChI is InChI=1S/C14H15N3OS2/c1-9-16-13(15-5-6-18-2)12-10(8-20-14(12)17-9)11-4-3-7-19-11/h3-4,7-8H,5-6H2,1-2H3,(H,15,16,17). The molecule has 0 fully saturated rings. The van der Waals surface area contributed by atoms with Crippen LogP contribution in [0.5, 0.6) is 0 Å². The summed E-state index contributed by atoms with van der Waals surface area (Å²) in [6.07, 6.45) is 0. The Labute approximate surface area is 125 Å². The van der Waals surface area contributed by atoms with Crippen molar-refractivity contribution < 1.29 is 4.74 Å². The molecular weight excluding hydrogens is 290 g/mol. The van der Waals surface area contributed by atoms with Crippen LogP contribution in [0.15, 0.2) is 22.9 Å². The number of aromatic nitrogens is 2. The number of ether oxygens (including phenoxy) is 1. The van der Waals surface area contributed by atoms with Gasteiger partial charge >= 0.3 is 0 Å². The molecule has 0 aromatic carbocycles. The quantitative estimate of drug-likeness (QED) is 0.729. The van der Waals surface area contributed by atoms with Crippen LogP contribution in [0.3, 0.4) is 0 Å². The van der Waals surface area contributed by atoms with Gasteiger partial charge in [0.25, 0.3) is 0 Å². The van der Waals surface area contributed by atoms with Gasteiger partial charge in [0.15, 0.2) is 0 Å². The number of nitrogens with one attached hydrogen (secondary N) is 1. The van der Waals surface area contributed by atoms with Crippen LogP contribution in [0.4, 0.5) is 5.82 Å². The Morgan fingerprint density at radius 2 is 2.20 bits per heavy atom. The van der Waals surface area contributed by atoms with Gasteiger partial charge < -0.3 is 10.1 Å². The van der Waals surface area contributed by atoms with E-state index in [9.17, 15) is 0 Å². The topological polar surface area (TPSA) is 47.0 Å². The third-order valence-corrected chi connectivity index (χ3v) is 4.71. The Hall–Kier alpha value is -1.50. The second-order valence-corrected chi connectivity index (χ2v) is 6.15. The van der Waals surface area contributed by atoms with E-state index in [1.165, 1.54) is 10.4 Å². The van der Waals surface area contributed by atoms with Gasteiger partial charge in [-0.2, -0.15) is 0 Å². The van der Waals surface area contributed by atoms with Crippen molar-refractivity contribution in [1.82, 2.24) is 9.97 Å². The van der Waals surface area contributed by atoms with Crippen LogP contribution in [0.2, 0.25) is 0 Å². The molecule has 1 N–H and O–H groups in total. The van der Waals surface area contributed by atoms with E-state index in [-0.39, 0.29) is 0 Å². The molecule has 0 unspecified atom stereocenters. The van der Waals surface area contributed by atoms with Crippen molar-refractivity contribution in [2.75, 3.05) is 25.6 Å². The fourth-order valence-electron chi connectivity index (χ4n) is 2.06. The zero-order chi connectivity index (χ0) is 13.9. The van der Waals surface area contributed by atoms with Gasteiger partial charge in [-0.25, -0.2) is 9.97 Å². The van der Waals surface area contributed by atoms with Crippen LogP contribution in [0.1, 0.15) is 5.82 Å². The summed E-state index contributed by atoms with van der Waals surface area (Å²) in [5.74, 6) is 1.69. The molecule has 3 rings (SSSR count). The molecule has 0 aliphatic heterocycles. The summed E-state index contributed by atoms with van der Waals surface area (Å²) in [7, 11) is 1.70. The molecule has 0 saturated heterocycles. The van der Waals surface area contributed by atoms with Crippen molar-refractivity contribution in [3.8, 4) is 10.4 Å². The van der Waals surface area contributed by atoms with Gasteiger partial charge in [-0.05, 0) is 18.4 Å². The highest BCUT2D eigenvalue weighted by molar-refractivity contribution is 7.18. The Morgan fingerprint density at radius 3 is 2.95 bits per heavy atom. The van der Waals surface area contributed by atoms with Crippen LogP contribution >= 0.6 is 22.7 Å². The molecule has 3 heterocycles. The lowest BCUT2D eigenvalue weighted by Crippen LogP contribution is -2.10. The monoisotopic (exact) mass is 305 g/mol. The van der Waals surface area contributed by atoms with E-state index in [2.05, 4.69) is 38.2 Å². The predicted octanol–water partition coefficient (Wildman–Crippen LogP) is 3.79. The van der Waals surface area contributed by atoms with Gasteiger partial charge in [0.1, 0.15) is 16.5 Å². The van der Waals surface area contributed by atoms with Gasteiger partial charge in [-0.15, -0.1) is 22.7 Å². The summed E-state index contributed by atoms with van der Waals surface area (Å²) in [4.78, 5) is 11.4. The number of hydrogen-bond acceptors (Lipinski definition) is 6. The first kappa shape index (κ1) is 13.5. The maximum Gasteiger partial charge on any atom is 0.139 e. The van der Waals surface area contributed by atoms with Crippen LogP contribution in [-0.4, -0.2) is 30.2 Å². The number of methoxy groups -OCH3 is 1. The maximum absolute atomic E-state index is 5.09. The minimum absolute atomic E-state index is 0.656. The fraction of sp³-hybridized carbons (Fsp3) is 0.286. The van der Waals surface area contributed by atoms with Crippen molar-refractivity contribution in [1.29, 1.82) is 0 Å². The Balaban J connectivity index is 2.09. The number of thiophene rings is 2. The normalized spacial score (nSPS) is 11.1. The van der Waals surface area contributed by atoms with Gasteiger partial charge in [0.05, 0.1) is 12.0 Å². The van der Waals surface area contributed by atoms with E-state index in [4.69, 9.17) is 4.74 Å². The molecule has 0 bridgehead atoms. The largest absolute Gasteiger partial charge is 0.383 e. The van der Waals surface area contributed by atoms with Crippen molar-refractivity contribution >= 4 is 38.7 Å². The molecule has 0 aliphatic rings. The summed E-state index contributed by atoms with van der Waals surface area (Å²) in [6, 6.07) is 4.20. The SMILES string of the molecule is COCCNc1nc(C)nc2scc(-c3cccs3)c12. The van der Waals surface area contributed by atoms with E-state index >= 15 is 0 Å². The molecular formula is C14H15N3OS2. The number of anilines is 1. The van der Waals surface area contributed by atoms with Crippen LogP contribution in [0.25, 0.3) is 20.7 Å². The lowest BCUT2D eigenvalue weighted by molar-refractivity contribution is 0.210. The average molecular weight is 305 g/mol. The first-order chi connectivity index (χ1) is 9.79. The summed E-state index contributed by atoms with van der Waals surface area (Å²) in [5, 5.41) is 8.71. The van der Waals surface area contributed by atoms with E-state index in [1.54, 1.807) is 29.8 Å². The number of nitrogens with zero attached hydrogens (tertiary/aromatic N) is 2. The fourth-order valence-corrected chi connectivity index (χ4v) is 3.87. The third kappa shape index (κ3) is 2.54. The van der Waals surface area contributed by atoms with Crippen LogP contribution in [0, 0.1) is 6.92 Å². The Kier molecular flexibility index (Phi) is 3.95.